The monoisotopic (exact) mass is 384 g/mol. The molecule has 0 amide bonds. The molecule has 1 aliphatic carbocycles. The van der Waals surface area contributed by atoms with Crippen LogP contribution in [0.2, 0.25) is 0 Å². The number of benzene rings is 2. The van der Waals surface area contributed by atoms with E-state index in [0.717, 1.165) is 5.56 Å². The molecule has 3 rings (SSSR count). The van der Waals surface area contributed by atoms with Crippen LogP contribution >= 0.6 is 0 Å². The maximum Gasteiger partial charge on any atom is 0.158 e. The van der Waals surface area contributed by atoms with E-state index in [2.05, 4.69) is 12.1 Å². The Balaban J connectivity index is 2.28. The Morgan fingerprint density at radius 3 is 1.86 bits per heavy atom. The molecular formula is C25H24N2O2. The zero-order valence-electron chi connectivity index (χ0n) is 16.9. The lowest BCUT2D eigenvalue weighted by Crippen LogP contribution is -2.50. The first-order valence-corrected chi connectivity index (χ1v) is 9.75. The number of hydrogen-bond acceptors (Lipinski definition) is 4. The third kappa shape index (κ3) is 3.47. The fraction of sp³-hybridized carbons (Fsp3) is 0.360. The first-order chi connectivity index (χ1) is 13.8. The zero-order chi connectivity index (χ0) is 21.2. The molecule has 0 aliphatic heterocycles. The molecule has 0 heterocycles. The molecule has 1 saturated carbocycles. The van der Waals surface area contributed by atoms with E-state index in [0.29, 0.717) is 5.56 Å². The average molecular weight is 384 g/mol. The maximum absolute atomic E-state index is 13.3. The molecule has 0 radical (unpaired) electrons. The van der Waals surface area contributed by atoms with Gasteiger partial charge in [0.2, 0.25) is 0 Å². The molecule has 2 aromatic rings. The molecule has 1 fully saturated rings. The molecule has 0 spiro atoms. The van der Waals surface area contributed by atoms with Gasteiger partial charge in [-0.2, -0.15) is 10.5 Å². The third-order valence-electron chi connectivity index (χ3n) is 5.88. The highest BCUT2D eigenvalue weighted by molar-refractivity contribution is 6.06. The summed E-state index contributed by atoms with van der Waals surface area (Å²) in [4.78, 5) is 26.7. The van der Waals surface area contributed by atoms with Gasteiger partial charge in [-0.15, -0.1) is 0 Å². The minimum absolute atomic E-state index is 0.000946. The third-order valence-corrected chi connectivity index (χ3v) is 5.88. The van der Waals surface area contributed by atoms with Crippen LogP contribution in [0, 0.1) is 39.4 Å². The van der Waals surface area contributed by atoms with E-state index in [4.69, 9.17) is 0 Å². The van der Waals surface area contributed by atoms with Crippen LogP contribution in [0.15, 0.2) is 60.7 Å². The van der Waals surface area contributed by atoms with Gasteiger partial charge in [0, 0.05) is 23.7 Å². The van der Waals surface area contributed by atoms with Gasteiger partial charge >= 0.3 is 0 Å². The van der Waals surface area contributed by atoms with Crippen molar-refractivity contribution < 1.29 is 9.59 Å². The second-order valence-corrected chi connectivity index (χ2v) is 8.71. The predicted octanol–water partition coefficient (Wildman–Crippen LogP) is 4.79. The van der Waals surface area contributed by atoms with Crippen molar-refractivity contribution in [3.8, 4) is 12.1 Å². The number of carbonyl (C=O) groups excluding carboxylic acids is 2. The summed E-state index contributed by atoms with van der Waals surface area (Å²) in [5.41, 5.74) is -0.843. The number of nitrogens with zero attached hydrogens (tertiary/aromatic N) is 2. The SMILES string of the molecule is CC(C)(C)C(=O)C1C(=O)C[C@@H](c2ccccc2)C(C#N)(C#N)[C@@H]1c1ccccc1. The molecule has 0 bridgehead atoms. The van der Waals surface area contributed by atoms with Crippen molar-refractivity contribution in [1.29, 1.82) is 10.5 Å². The fourth-order valence-corrected chi connectivity index (χ4v) is 4.42. The highest BCUT2D eigenvalue weighted by atomic mass is 16.2. The first kappa shape index (κ1) is 20.5. The van der Waals surface area contributed by atoms with Gasteiger partial charge in [-0.25, -0.2) is 0 Å². The quantitative estimate of drug-likeness (QED) is 0.712. The molecule has 4 nitrogen and oxygen atoms in total. The van der Waals surface area contributed by atoms with E-state index in [1.807, 2.05) is 48.5 Å². The predicted molar refractivity (Wildman–Crippen MR) is 110 cm³/mol. The Bertz CT molecular complexity index is 977. The van der Waals surface area contributed by atoms with Gasteiger partial charge in [0.05, 0.1) is 18.1 Å². The van der Waals surface area contributed by atoms with E-state index >= 15 is 0 Å². The summed E-state index contributed by atoms with van der Waals surface area (Å²) >= 11 is 0. The molecule has 29 heavy (non-hydrogen) atoms. The summed E-state index contributed by atoms with van der Waals surface area (Å²) in [5.74, 6) is -2.86. The molecule has 0 N–H and O–H groups in total. The smallest absolute Gasteiger partial charge is 0.158 e. The van der Waals surface area contributed by atoms with Crippen LogP contribution in [0.5, 0.6) is 0 Å². The standard InChI is InChI=1S/C25H24N2O2/c1-24(2,3)23(29)21-20(28)14-19(17-10-6-4-7-11-17)25(15-26,16-27)22(21)18-12-8-5-9-13-18/h4-13,19,21-22H,14H2,1-3H3/t19-,21?,22+/m0/s1. The summed E-state index contributed by atoms with van der Waals surface area (Å²) in [5, 5.41) is 20.6. The lowest BCUT2D eigenvalue weighted by atomic mass is 9.52. The molecule has 3 atom stereocenters. The van der Waals surface area contributed by atoms with Crippen LogP contribution in [-0.2, 0) is 9.59 Å². The number of ketones is 2. The van der Waals surface area contributed by atoms with E-state index in [-0.39, 0.29) is 18.0 Å². The van der Waals surface area contributed by atoms with Gasteiger partial charge in [-0.3, -0.25) is 9.59 Å². The minimum Gasteiger partial charge on any atom is -0.299 e. The lowest BCUT2D eigenvalue weighted by molar-refractivity contribution is -0.142. The van der Waals surface area contributed by atoms with Crippen molar-refractivity contribution in [3.05, 3.63) is 71.8 Å². The Hall–Kier alpha value is -3.24. The molecular weight excluding hydrogens is 360 g/mol. The molecule has 2 aromatic carbocycles. The van der Waals surface area contributed by atoms with Crippen LogP contribution in [0.25, 0.3) is 0 Å². The van der Waals surface area contributed by atoms with Crippen LogP contribution < -0.4 is 0 Å². The van der Waals surface area contributed by atoms with E-state index in [1.54, 1.807) is 32.9 Å². The van der Waals surface area contributed by atoms with E-state index in [9.17, 15) is 20.1 Å². The van der Waals surface area contributed by atoms with Crippen molar-refractivity contribution >= 4 is 11.6 Å². The number of hydrogen-bond donors (Lipinski definition) is 0. The summed E-state index contributed by atoms with van der Waals surface area (Å²) in [6.45, 7) is 5.32. The van der Waals surface area contributed by atoms with Crippen LogP contribution in [0.3, 0.4) is 0 Å². The second kappa shape index (κ2) is 7.64. The first-order valence-electron chi connectivity index (χ1n) is 9.75. The molecule has 0 aromatic heterocycles. The van der Waals surface area contributed by atoms with E-state index < -0.39 is 28.6 Å². The molecule has 146 valence electrons. The summed E-state index contributed by atoms with van der Waals surface area (Å²) < 4.78 is 0. The van der Waals surface area contributed by atoms with Crippen molar-refractivity contribution in [2.45, 2.75) is 39.0 Å². The number of carbonyl (C=O) groups is 2. The van der Waals surface area contributed by atoms with Crippen LogP contribution in [0.1, 0.15) is 50.2 Å². The van der Waals surface area contributed by atoms with Crippen molar-refractivity contribution in [2.75, 3.05) is 0 Å². The average Bonchev–Trinajstić information content (AvgIpc) is 2.73. The lowest BCUT2D eigenvalue weighted by Gasteiger charge is -2.45. The minimum atomic E-state index is -1.53. The summed E-state index contributed by atoms with van der Waals surface area (Å²) in [6, 6.07) is 22.8. The van der Waals surface area contributed by atoms with Gasteiger partial charge in [0.1, 0.15) is 11.6 Å². The molecule has 1 unspecified atom stereocenters. The largest absolute Gasteiger partial charge is 0.299 e. The highest BCUT2D eigenvalue weighted by Crippen LogP contribution is 2.56. The Morgan fingerprint density at radius 2 is 1.41 bits per heavy atom. The van der Waals surface area contributed by atoms with Crippen molar-refractivity contribution in [3.63, 3.8) is 0 Å². The Morgan fingerprint density at radius 1 is 0.931 bits per heavy atom. The van der Waals surface area contributed by atoms with Gasteiger partial charge in [-0.1, -0.05) is 81.4 Å². The van der Waals surface area contributed by atoms with Gasteiger partial charge in [0.15, 0.2) is 5.41 Å². The summed E-state index contributed by atoms with van der Waals surface area (Å²) in [6.07, 6.45) is 0.000946. The number of rotatable bonds is 3. The Kier molecular flexibility index (Phi) is 5.40. The number of nitriles is 2. The highest BCUT2D eigenvalue weighted by Gasteiger charge is 2.59. The van der Waals surface area contributed by atoms with Gasteiger partial charge in [0.25, 0.3) is 0 Å². The summed E-state index contributed by atoms with van der Waals surface area (Å²) in [7, 11) is 0. The van der Waals surface area contributed by atoms with Crippen molar-refractivity contribution in [2.24, 2.45) is 16.7 Å². The zero-order valence-corrected chi connectivity index (χ0v) is 16.9. The van der Waals surface area contributed by atoms with Crippen LogP contribution in [0.4, 0.5) is 0 Å². The van der Waals surface area contributed by atoms with Gasteiger partial charge in [-0.05, 0) is 11.1 Å². The number of Topliss-reactive ketones (excluding diaryl/α,β-unsaturated/α-hetero) is 2. The van der Waals surface area contributed by atoms with E-state index in [1.165, 1.54) is 0 Å². The topological polar surface area (TPSA) is 81.7 Å². The molecule has 0 saturated heterocycles. The maximum atomic E-state index is 13.3. The molecule has 1 aliphatic rings. The second-order valence-electron chi connectivity index (χ2n) is 8.71. The van der Waals surface area contributed by atoms with Crippen LogP contribution in [-0.4, -0.2) is 11.6 Å². The molecule has 4 heteroatoms. The fourth-order valence-electron chi connectivity index (χ4n) is 4.42. The van der Waals surface area contributed by atoms with Crippen molar-refractivity contribution in [1.82, 2.24) is 0 Å². The normalized spacial score (nSPS) is 23.6. The van der Waals surface area contributed by atoms with Gasteiger partial charge < -0.3 is 0 Å². The Labute approximate surface area is 171 Å².